The van der Waals surface area contributed by atoms with E-state index in [1.165, 1.54) is 6.08 Å². The maximum Gasteiger partial charge on any atom is 0.484 e. The number of carbonyl (C=O) groups excluding carboxylic acids is 1. The smallest absolute Gasteiger partial charge is 0.376 e. The van der Waals surface area contributed by atoms with Crippen molar-refractivity contribution in [3.63, 3.8) is 0 Å². The Hall–Kier alpha value is -0.523. The van der Waals surface area contributed by atoms with Crippen molar-refractivity contribution in [3.8, 4) is 0 Å². The molecule has 1 radical (unpaired) electrons. The first-order chi connectivity index (χ1) is 7.76. The van der Waals surface area contributed by atoms with Gasteiger partial charge in [-0.05, 0) is 27.2 Å². The molecule has 5 nitrogen and oxygen atoms in total. The molecule has 0 unspecified atom stereocenters. The van der Waals surface area contributed by atoms with Crippen LogP contribution in [0.4, 0.5) is 0 Å². The molecule has 0 amide bonds. The fourth-order valence-electron chi connectivity index (χ4n) is 0.677. The third-order valence-electron chi connectivity index (χ3n) is 1.24. The van der Waals surface area contributed by atoms with Gasteiger partial charge in [-0.3, -0.25) is 0 Å². The summed E-state index contributed by atoms with van der Waals surface area (Å²) in [6.07, 6.45) is 2.08. The molecular formula is C10H22NO4Si. The SMILES string of the molecule is CCO[SiH](OCC)OCC.[CH2]CCN=C=O. The molecule has 0 aromatic rings. The number of hydrogen-bond donors (Lipinski definition) is 0. The molecule has 0 aromatic heterocycles. The fraction of sp³-hybridized carbons (Fsp3) is 0.800. The van der Waals surface area contributed by atoms with Crippen LogP contribution in [0.3, 0.4) is 0 Å². The fourth-order valence-corrected chi connectivity index (χ4v) is 1.78. The van der Waals surface area contributed by atoms with Crippen molar-refractivity contribution >= 4 is 15.6 Å². The quantitative estimate of drug-likeness (QED) is 0.370. The molecule has 0 aliphatic carbocycles. The van der Waals surface area contributed by atoms with Crippen LogP contribution in [-0.2, 0) is 18.1 Å². The minimum Gasteiger partial charge on any atom is -0.376 e. The van der Waals surface area contributed by atoms with E-state index in [1.807, 2.05) is 20.8 Å². The zero-order chi connectivity index (χ0) is 12.6. The molecule has 0 heterocycles. The summed E-state index contributed by atoms with van der Waals surface area (Å²) in [5, 5.41) is 0. The molecule has 0 aliphatic rings. The van der Waals surface area contributed by atoms with Gasteiger partial charge in [0.1, 0.15) is 0 Å². The maximum atomic E-state index is 9.24. The lowest BCUT2D eigenvalue weighted by Gasteiger charge is -2.12. The van der Waals surface area contributed by atoms with Crippen LogP contribution in [0.2, 0.25) is 0 Å². The second kappa shape index (κ2) is 16.9. The Kier molecular flexibility index (Phi) is 18.9. The average molecular weight is 248 g/mol. The van der Waals surface area contributed by atoms with Crippen molar-refractivity contribution in [1.29, 1.82) is 0 Å². The minimum absolute atomic E-state index is 0.503. The van der Waals surface area contributed by atoms with E-state index in [9.17, 15) is 4.79 Å². The van der Waals surface area contributed by atoms with E-state index in [2.05, 4.69) is 11.9 Å². The number of isocyanates is 1. The van der Waals surface area contributed by atoms with E-state index in [0.717, 1.165) is 0 Å². The Morgan fingerprint density at radius 1 is 1.12 bits per heavy atom. The summed E-state index contributed by atoms with van der Waals surface area (Å²) in [5.41, 5.74) is 0. The molecule has 0 N–H and O–H groups in total. The van der Waals surface area contributed by atoms with Crippen molar-refractivity contribution < 1.29 is 18.1 Å². The highest BCUT2D eigenvalue weighted by atomic mass is 28.3. The van der Waals surface area contributed by atoms with Crippen molar-refractivity contribution in [2.24, 2.45) is 4.99 Å². The topological polar surface area (TPSA) is 57.1 Å². The maximum absolute atomic E-state index is 9.24. The molecule has 0 atom stereocenters. The van der Waals surface area contributed by atoms with E-state index in [-0.39, 0.29) is 0 Å². The molecule has 0 spiro atoms. The van der Waals surface area contributed by atoms with Gasteiger partial charge in [0.25, 0.3) is 0 Å². The number of rotatable bonds is 8. The Bertz CT molecular complexity index is 160. The Morgan fingerprint density at radius 2 is 1.56 bits per heavy atom. The van der Waals surface area contributed by atoms with Crippen molar-refractivity contribution in [3.05, 3.63) is 6.92 Å². The Morgan fingerprint density at radius 3 is 1.75 bits per heavy atom. The van der Waals surface area contributed by atoms with Gasteiger partial charge in [0, 0.05) is 19.8 Å². The highest BCUT2D eigenvalue weighted by Crippen LogP contribution is 1.91. The summed E-state index contributed by atoms with van der Waals surface area (Å²) in [6.45, 7) is 11.8. The van der Waals surface area contributed by atoms with Crippen LogP contribution in [-0.4, -0.2) is 42.0 Å². The monoisotopic (exact) mass is 248 g/mol. The molecule has 0 fully saturated rings. The summed E-state index contributed by atoms with van der Waals surface area (Å²) in [4.78, 5) is 12.5. The highest BCUT2D eigenvalue weighted by Gasteiger charge is 2.11. The molecule has 0 saturated heterocycles. The minimum atomic E-state index is -1.73. The first-order valence-corrected chi connectivity index (χ1v) is 6.85. The van der Waals surface area contributed by atoms with E-state index in [4.69, 9.17) is 13.3 Å². The highest BCUT2D eigenvalue weighted by molar-refractivity contribution is 6.36. The van der Waals surface area contributed by atoms with Gasteiger partial charge < -0.3 is 13.3 Å². The summed E-state index contributed by atoms with van der Waals surface area (Å²) < 4.78 is 15.7. The van der Waals surface area contributed by atoms with E-state index >= 15 is 0 Å². The number of hydrogen-bond acceptors (Lipinski definition) is 5. The standard InChI is InChI=1S/C6H16O3Si.C4H6NO/c1-4-7-10(8-5-2)9-6-3;1-2-3-5-4-6/h10H,4-6H2,1-3H3;1-3H2. The van der Waals surface area contributed by atoms with Gasteiger partial charge in [-0.25, -0.2) is 9.79 Å². The van der Waals surface area contributed by atoms with Crippen molar-refractivity contribution in [2.75, 3.05) is 26.4 Å². The van der Waals surface area contributed by atoms with Gasteiger partial charge in [-0.15, -0.1) is 0 Å². The van der Waals surface area contributed by atoms with E-state index in [0.29, 0.717) is 32.8 Å². The Labute approximate surface area is 99.8 Å². The zero-order valence-corrected chi connectivity index (χ0v) is 11.6. The summed E-state index contributed by atoms with van der Waals surface area (Å²) in [5.74, 6) is 0. The van der Waals surface area contributed by atoms with Crippen LogP contribution >= 0.6 is 0 Å². The normalized spacial score (nSPS) is 9.31. The molecule has 0 rings (SSSR count). The van der Waals surface area contributed by atoms with Gasteiger partial charge in [-0.2, -0.15) is 0 Å². The largest absolute Gasteiger partial charge is 0.484 e. The third kappa shape index (κ3) is 15.9. The van der Waals surface area contributed by atoms with Crippen LogP contribution in [0, 0.1) is 6.92 Å². The van der Waals surface area contributed by atoms with Crippen molar-refractivity contribution in [1.82, 2.24) is 0 Å². The number of aliphatic imine (C=N–C) groups is 1. The molecular weight excluding hydrogens is 226 g/mol. The first kappa shape index (κ1) is 17.9. The predicted octanol–water partition coefficient (Wildman–Crippen LogP) is 1.36. The summed E-state index contributed by atoms with van der Waals surface area (Å²) in [7, 11) is -1.73. The average Bonchev–Trinajstić information content (AvgIpc) is 2.28. The first-order valence-electron chi connectivity index (χ1n) is 5.44. The van der Waals surface area contributed by atoms with Crippen LogP contribution in [0.25, 0.3) is 0 Å². The summed E-state index contributed by atoms with van der Waals surface area (Å²) in [6, 6.07) is 0. The van der Waals surface area contributed by atoms with Gasteiger partial charge in [0.15, 0.2) is 0 Å². The molecule has 0 bridgehead atoms. The molecule has 95 valence electrons. The molecule has 16 heavy (non-hydrogen) atoms. The second-order valence-corrected chi connectivity index (χ2v) is 4.06. The van der Waals surface area contributed by atoms with Gasteiger partial charge >= 0.3 is 9.53 Å². The molecule has 6 heteroatoms. The lowest BCUT2D eigenvalue weighted by molar-refractivity contribution is 0.107. The molecule has 0 saturated carbocycles. The van der Waals surface area contributed by atoms with Crippen LogP contribution in [0.1, 0.15) is 27.2 Å². The van der Waals surface area contributed by atoms with E-state index < -0.39 is 9.53 Å². The third-order valence-corrected chi connectivity index (χ3v) is 3.06. The van der Waals surface area contributed by atoms with Crippen LogP contribution in [0.5, 0.6) is 0 Å². The molecule has 0 aromatic carbocycles. The predicted molar refractivity (Wildman–Crippen MR) is 65.0 cm³/mol. The second-order valence-electron chi connectivity index (χ2n) is 2.48. The Balaban J connectivity index is 0. The lowest BCUT2D eigenvalue weighted by atomic mass is 10.5. The van der Waals surface area contributed by atoms with Gasteiger partial charge in [-0.1, -0.05) is 6.92 Å². The lowest BCUT2D eigenvalue weighted by Crippen LogP contribution is -2.27. The van der Waals surface area contributed by atoms with Crippen LogP contribution in [0.15, 0.2) is 4.99 Å². The number of nitrogens with zero attached hydrogens (tertiary/aromatic N) is 1. The van der Waals surface area contributed by atoms with Crippen LogP contribution < -0.4 is 0 Å². The molecule has 0 aliphatic heterocycles. The van der Waals surface area contributed by atoms with Gasteiger partial charge in [0.05, 0.1) is 6.54 Å². The van der Waals surface area contributed by atoms with Gasteiger partial charge in [0.2, 0.25) is 6.08 Å². The zero-order valence-electron chi connectivity index (χ0n) is 10.4. The van der Waals surface area contributed by atoms with E-state index in [1.54, 1.807) is 0 Å². The summed E-state index contributed by atoms with van der Waals surface area (Å²) >= 11 is 0. The van der Waals surface area contributed by atoms with Crippen molar-refractivity contribution in [2.45, 2.75) is 27.2 Å².